The normalized spacial score (nSPS) is 24.1. The van der Waals surface area contributed by atoms with Gasteiger partial charge in [0.25, 0.3) is 0 Å². The van der Waals surface area contributed by atoms with Gasteiger partial charge in [-0.3, -0.25) is 13.8 Å². The van der Waals surface area contributed by atoms with Crippen molar-refractivity contribution in [3.05, 3.63) is 12.2 Å². The van der Waals surface area contributed by atoms with Crippen molar-refractivity contribution in [1.82, 2.24) is 5.32 Å². The number of amides is 1. The van der Waals surface area contributed by atoms with Gasteiger partial charge in [-0.15, -0.1) is 0 Å². The molecule has 54 heavy (non-hydrogen) atoms. The predicted molar refractivity (Wildman–Crippen MR) is 214 cm³/mol. The number of aliphatic hydroxyl groups excluding tert-OH is 6. The van der Waals surface area contributed by atoms with Gasteiger partial charge in [0.2, 0.25) is 5.91 Å². The number of allylic oxidation sites excluding steroid dienone is 1. The lowest BCUT2D eigenvalue weighted by atomic mass is 9.85. The van der Waals surface area contributed by atoms with Crippen molar-refractivity contribution in [2.75, 3.05) is 6.61 Å². The highest BCUT2D eigenvalue weighted by atomic mass is 31.2. The fraction of sp³-hybridized carbons (Fsp3) is 0.927. The minimum absolute atomic E-state index is 0.217. The standard InChI is InChI=1S/C41H80NO11P/c1-3-5-7-9-11-13-15-17-18-19-20-22-24-26-28-30-34(43)33(42-35(44)31-29-27-25-23-21-16-14-12-10-8-6-4-2)32-52-54(50,51)53-41-39(48)37(46)36(45)38(47)40(41)49/h28,30,33-34,36-41,43,45-49H,3-27,29,31-32H2,1-2H3,(H,42,44)(H,50,51)/b30-28+/t33-,34+,36?,37+,38?,39?,40?,41?/m0/s1. The molecule has 0 heterocycles. The van der Waals surface area contributed by atoms with Gasteiger partial charge in [0, 0.05) is 6.42 Å². The van der Waals surface area contributed by atoms with Crippen LogP contribution in [0, 0.1) is 0 Å². The molecule has 1 aliphatic rings. The Labute approximate surface area is 327 Å². The second kappa shape index (κ2) is 32.1. The van der Waals surface area contributed by atoms with E-state index in [0.717, 1.165) is 44.9 Å². The van der Waals surface area contributed by atoms with E-state index >= 15 is 0 Å². The van der Waals surface area contributed by atoms with E-state index < -0.39 is 63.2 Å². The third kappa shape index (κ3) is 24.0. The van der Waals surface area contributed by atoms with Crippen LogP contribution in [0.1, 0.15) is 187 Å². The molecule has 0 saturated heterocycles. The van der Waals surface area contributed by atoms with E-state index in [2.05, 4.69) is 19.2 Å². The van der Waals surface area contributed by atoms with Crippen LogP contribution in [-0.2, 0) is 18.4 Å². The second-order valence-electron chi connectivity index (χ2n) is 15.6. The zero-order valence-corrected chi connectivity index (χ0v) is 34.7. The van der Waals surface area contributed by atoms with Gasteiger partial charge in [0.15, 0.2) is 0 Å². The second-order valence-corrected chi connectivity index (χ2v) is 17.0. The number of hydrogen-bond acceptors (Lipinski definition) is 10. The van der Waals surface area contributed by atoms with Crippen LogP contribution < -0.4 is 5.32 Å². The topological polar surface area (TPSA) is 206 Å². The highest BCUT2D eigenvalue weighted by Crippen LogP contribution is 2.47. The number of carbonyl (C=O) groups excluding carboxylic acids is 1. The van der Waals surface area contributed by atoms with Crippen LogP contribution >= 0.6 is 7.82 Å². The molecule has 0 aromatic heterocycles. The fourth-order valence-corrected chi connectivity index (χ4v) is 7.93. The number of carbonyl (C=O) groups is 1. The molecule has 13 heteroatoms. The third-order valence-corrected chi connectivity index (χ3v) is 11.6. The first-order valence-corrected chi connectivity index (χ1v) is 23.1. The van der Waals surface area contributed by atoms with Crippen molar-refractivity contribution in [2.45, 2.75) is 236 Å². The average molecular weight is 794 g/mol. The lowest BCUT2D eigenvalue weighted by Crippen LogP contribution is -2.64. The average Bonchev–Trinajstić information content (AvgIpc) is 3.15. The van der Waals surface area contributed by atoms with E-state index in [0.29, 0.717) is 6.42 Å². The van der Waals surface area contributed by atoms with Crippen molar-refractivity contribution in [1.29, 1.82) is 0 Å². The molecule has 12 nitrogen and oxygen atoms in total. The molecule has 0 bridgehead atoms. The summed E-state index contributed by atoms with van der Waals surface area (Å²) in [4.78, 5) is 23.3. The van der Waals surface area contributed by atoms with Crippen LogP contribution in [0.2, 0.25) is 0 Å². The van der Waals surface area contributed by atoms with E-state index in [4.69, 9.17) is 9.05 Å². The number of nitrogens with one attached hydrogen (secondary N) is 1. The maximum absolute atomic E-state index is 12.9. The number of hydrogen-bond donors (Lipinski definition) is 8. The Hall–Kier alpha value is -0.920. The number of phosphoric ester groups is 1. The number of aliphatic hydroxyl groups is 6. The molecule has 1 fully saturated rings. The molecule has 1 aliphatic carbocycles. The molecule has 1 amide bonds. The van der Waals surface area contributed by atoms with Crippen LogP contribution in [0.4, 0.5) is 0 Å². The van der Waals surface area contributed by atoms with Crippen LogP contribution in [0.25, 0.3) is 0 Å². The Kier molecular flexibility index (Phi) is 30.4. The summed E-state index contributed by atoms with van der Waals surface area (Å²) in [5.74, 6) is -0.341. The predicted octanol–water partition coefficient (Wildman–Crippen LogP) is 7.28. The maximum Gasteiger partial charge on any atom is 0.472 e. The molecular formula is C41H80NO11P. The van der Waals surface area contributed by atoms with Gasteiger partial charge < -0.3 is 40.8 Å². The Morgan fingerprint density at radius 2 is 0.981 bits per heavy atom. The lowest BCUT2D eigenvalue weighted by Gasteiger charge is -2.41. The molecule has 9 atom stereocenters. The van der Waals surface area contributed by atoms with E-state index in [-0.39, 0.29) is 12.3 Å². The van der Waals surface area contributed by atoms with E-state index in [9.17, 15) is 44.9 Å². The maximum atomic E-state index is 12.9. The molecule has 1 saturated carbocycles. The zero-order chi connectivity index (χ0) is 40.0. The molecule has 0 aromatic carbocycles. The van der Waals surface area contributed by atoms with Crippen molar-refractivity contribution < 1.29 is 53.9 Å². The molecule has 320 valence electrons. The Bertz CT molecular complexity index is 973. The fourth-order valence-electron chi connectivity index (χ4n) is 6.96. The monoisotopic (exact) mass is 794 g/mol. The van der Waals surface area contributed by atoms with Crippen LogP contribution in [0.5, 0.6) is 0 Å². The third-order valence-electron chi connectivity index (χ3n) is 10.6. The summed E-state index contributed by atoms with van der Waals surface area (Å²) in [6, 6.07) is -1.11. The van der Waals surface area contributed by atoms with E-state index in [1.165, 1.54) is 122 Å². The summed E-state index contributed by atoms with van der Waals surface area (Å²) < 4.78 is 22.8. The van der Waals surface area contributed by atoms with Gasteiger partial charge >= 0.3 is 7.82 Å². The molecule has 8 N–H and O–H groups in total. The summed E-state index contributed by atoms with van der Waals surface area (Å²) in [5, 5.41) is 63.8. The summed E-state index contributed by atoms with van der Waals surface area (Å²) in [6.45, 7) is 3.82. The van der Waals surface area contributed by atoms with Crippen LogP contribution in [-0.4, -0.2) is 96.8 Å². The largest absolute Gasteiger partial charge is 0.472 e. The first-order chi connectivity index (χ1) is 25.9. The summed E-state index contributed by atoms with van der Waals surface area (Å²) >= 11 is 0. The summed E-state index contributed by atoms with van der Waals surface area (Å²) in [7, 11) is -5.07. The van der Waals surface area contributed by atoms with Gasteiger partial charge in [-0.25, -0.2) is 4.57 Å². The van der Waals surface area contributed by atoms with Crippen molar-refractivity contribution >= 4 is 13.7 Å². The van der Waals surface area contributed by atoms with Gasteiger partial charge in [0.05, 0.1) is 18.8 Å². The smallest absolute Gasteiger partial charge is 0.387 e. The first-order valence-electron chi connectivity index (χ1n) is 21.6. The van der Waals surface area contributed by atoms with Crippen LogP contribution in [0.3, 0.4) is 0 Å². The molecular weight excluding hydrogens is 713 g/mol. The molecule has 0 aromatic rings. The molecule has 0 radical (unpaired) electrons. The van der Waals surface area contributed by atoms with Gasteiger partial charge in [-0.05, 0) is 19.3 Å². The summed E-state index contributed by atoms with van der Waals surface area (Å²) in [6.07, 6.45) is 21.4. The summed E-state index contributed by atoms with van der Waals surface area (Å²) in [5.41, 5.74) is 0. The number of phosphoric acid groups is 1. The molecule has 1 rings (SSSR count). The Balaban J connectivity index is 2.55. The Morgan fingerprint density at radius 1 is 0.611 bits per heavy atom. The van der Waals surface area contributed by atoms with Crippen LogP contribution in [0.15, 0.2) is 12.2 Å². The molecule has 0 aliphatic heterocycles. The van der Waals surface area contributed by atoms with Gasteiger partial charge in [-0.1, -0.05) is 174 Å². The van der Waals surface area contributed by atoms with Crippen molar-refractivity contribution in [3.63, 3.8) is 0 Å². The molecule has 6 unspecified atom stereocenters. The highest BCUT2D eigenvalue weighted by Gasteiger charge is 2.51. The minimum atomic E-state index is -5.07. The molecule has 0 spiro atoms. The van der Waals surface area contributed by atoms with E-state index in [1.54, 1.807) is 0 Å². The SMILES string of the molecule is CCCCCCCCCCCCCCC/C=C/[C@@H](O)[C@H](COP(=O)(O)OC1C(O)C(O)C(O)[C@@H](O)C1O)NC(=O)CCCCCCCCCCCCCC. The van der Waals surface area contributed by atoms with E-state index in [1.807, 2.05) is 6.08 Å². The van der Waals surface area contributed by atoms with Crippen molar-refractivity contribution in [2.24, 2.45) is 0 Å². The van der Waals surface area contributed by atoms with Gasteiger partial charge in [0.1, 0.15) is 36.6 Å². The highest BCUT2D eigenvalue weighted by molar-refractivity contribution is 7.47. The Morgan fingerprint density at radius 3 is 1.41 bits per heavy atom. The van der Waals surface area contributed by atoms with Gasteiger partial charge in [-0.2, -0.15) is 0 Å². The number of rotatable bonds is 35. The lowest BCUT2D eigenvalue weighted by molar-refractivity contribution is -0.220. The minimum Gasteiger partial charge on any atom is -0.387 e. The number of unbranched alkanes of at least 4 members (excludes halogenated alkanes) is 24. The first kappa shape index (κ1) is 51.1. The zero-order valence-electron chi connectivity index (χ0n) is 33.8. The van der Waals surface area contributed by atoms with Crippen molar-refractivity contribution in [3.8, 4) is 0 Å². The quantitative estimate of drug-likeness (QED) is 0.0182.